The maximum Gasteiger partial charge on any atom is 0.255 e. The Balaban J connectivity index is 2.36. The molecule has 0 aliphatic heterocycles. The summed E-state index contributed by atoms with van der Waals surface area (Å²) in [5.74, 6) is 0.336. The van der Waals surface area contributed by atoms with Gasteiger partial charge in [0.1, 0.15) is 5.82 Å². The van der Waals surface area contributed by atoms with Crippen molar-refractivity contribution < 1.29 is 23.4 Å². The van der Waals surface area contributed by atoms with Gasteiger partial charge < -0.3 is 19.5 Å². The number of anilines is 1. The Morgan fingerprint density at radius 1 is 1.00 bits per heavy atom. The summed E-state index contributed by atoms with van der Waals surface area (Å²) < 4.78 is 30.1. The van der Waals surface area contributed by atoms with Gasteiger partial charge in [-0.15, -0.1) is 0 Å². The van der Waals surface area contributed by atoms with Gasteiger partial charge in [0.15, 0.2) is 11.5 Å². The second-order valence-corrected chi connectivity index (χ2v) is 5.59. The van der Waals surface area contributed by atoms with Gasteiger partial charge in [-0.05, 0) is 51.1 Å². The van der Waals surface area contributed by atoms with Crippen LogP contribution >= 0.6 is 11.6 Å². The van der Waals surface area contributed by atoms with Gasteiger partial charge in [0.25, 0.3) is 5.91 Å². The van der Waals surface area contributed by atoms with Gasteiger partial charge in [-0.2, -0.15) is 0 Å². The summed E-state index contributed by atoms with van der Waals surface area (Å²) in [4.78, 5) is 12.6. The third-order valence-corrected chi connectivity index (χ3v) is 3.64. The highest BCUT2D eigenvalue weighted by Crippen LogP contribution is 2.39. The molecular weight excluding hydrogens is 361 g/mol. The molecule has 0 atom stereocenters. The zero-order chi connectivity index (χ0) is 19.1. The van der Waals surface area contributed by atoms with E-state index >= 15 is 0 Å². The molecule has 1 N–H and O–H groups in total. The number of carbonyl (C=O) groups excluding carboxylic acids is 1. The lowest BCUT2D eigenvalue weighted by Crippen LogP contribution is -2.13. The Kier molecular flexibility index (Phi) is 7.09. The zero-order valence-electron chi connectivity index (χ0n) is 14.9. The maximum absolute atomic E-state index is 13.3. The molecule has 0 saturated heterocycles. The van der Waals surface area contributed by atoms with Crippen LogP contribution in [0.1, 0.15) is 31.1 Å². The topological polar surface area (TPSA) is 56.8 Å². The highest BCUT2D eigenvalue weighted by Gasteiger charge is 2.18. The van der Waals surface area contributed by atoms with Crippen LogP contribution in [0.15, 0.2) is 30.3 Å². The summed E-state index contributed by atoms with van der Waals surface area (Å²) in [6, 6.07) is 7.12. The summed E-state index contributed by atoms with van der Waals surface area (Å²) in [7, 11) is 0. The van der Waals surface area contributed by atoms with Crippen molar-refractivity contribution in [2.45, 2.75) is 20.8 Å². The van der Waals surface area contributed by atoms with Gasteiger partial charge >= 0.3 is 0 Å². The first kappa shape index (κ1) is 19.8. The number of amides is 1. The number of hydrogen-bond acceptors (Lipinski definition) is 4. The van der Waals surface area contributed by atoms with Crippen molar-refractivity contribution >= 4 is 23.2 Å². The van der Waals surface area contributed by atoms with E-state index in [9.17, 15) is 9.18 Å². The molecule has 5 nitrogen and oxygen atoms in total. The first-order valence-electron chi connectivity index (χ1n) is 8.32. The van der Waals surface area contributed by atoms with Crippen molar-refractivity contribution in [3.63, 3.8) is 0 Å². The van der Waals surface area contributed by atoms with Crippen LogP contribution in [-0.4, -0.2) is 25.7 Å². The van der Waals surface area contributed by atoms with Crippen LogP contribution in [0.5, 0.6) is 17.2 Å². The average Bonchev–Trinajstić information content (AvgIpc) is 2.61. The fourth-order valence-electron chi connectivity index (χ4n) is 2.30. The predicted molar refractivity (Wildman–Crippen MR) is 99.3 cm³/mol. The first-order valence-corrected chi connectivity index (χ1v) is 8.70. The van der Waals surface area contributed by atoms with Gasteiger partial charge in [-0.1, -0.05) is 11.6 Å². The number of hydrogen-bond donors (Lipinski definition) is 1. The molecule has 2 rings (SSSR count). The lowest BCUT2D eigenvalue weighted by atomic mass is 10.1. The van der Waals surface area contributed by atoms with E-state index in [4.69, 9.17) is 25.8 Å². The molecule has 0 aliphatic carbocycles. The van der Waals surface area contributed by atoms with Gasteiger partial charge in [0.05, 0.1) is 24.8 Å². The summed E-state index contributed by atoms with van der Waals surface area (Å²) in [6.07, 6.45) is 0. The Morgan fingerprint density at radius 3 is 2.08 bits per heavy atom. The molecule has 0 radical (unpaired) electrons. The van der Waals surface area contributed by atoms with Crippen LogP contribution < -0.4 is 19.5 Å². The minimum atomic E-state index is -0.553. The summed E-state index contributed by atoms with van der Waals surface area (Å²) in [6.45, 7) is 6.77. The smallest absolute Gasteiger partial charge is 0.255 e. The molecule has 140 valence electrons. The molecule has 0 fully saturated rings. The van der Waals surface area contributed by atoms with E-state index in [1.165, 1.54) is 18.2 Å². The lowest BCUT2D eigenvalue weighted by Gasteiger charge is -2.17. The minimum absolute atomic E-state index is 0.0699. The van der Waals surface area contributed by atoms with E-state index in [1.807, 2.05) is 20.8 Å². The van der Waals surface area contributed by atoms with Crippen molar-refractivity contribution in [2.75, 3.05) is 25.1 Å². The van der Waals surface area contributed by atoms with Crippen LogP contribution in [0.25, 0.3) is 0 Å². The third-order valence-electron chi connectivity index (χ3n) is 3.35. The molecular formula is C19H21ClFNO4. The molecule has 0 aliphatic rings. The fraction of sp³-hybridized carbons (Fsp3) is 0.316. The molecule has 0 saturated carbocycles. The number of carbonyl (C=O) groups is 1. The Hall–Kier alpha value is -2.47. The van der Waals surface area contributed by atoms with Gasteiger partial charge in [-0.3, -0.25) is 4.79 Å². The molecule has 0 unspecified atom stereocenters. The molecule has 0 heterocycles. The summed E-state index contributed by atoms with van der Waals surface area (Å²) in [5, 5.41) is 2.60. The lowest BCUT2D eigenvalue weighted by molar-refractivity contribution is 0.102. The van der Waals surface area contributed by atoms with E-state index in [0.717, 1.165) is 0 Å². The van der Waals surface area contributed by atoms with Crippen LogP contribution in [0.2, 0.25) is 5.02 Å². The fourth-order valence-corrected chi connectivity index (χ4v) is 2.48. The molecule has 1 amide bonds. The Bertz CT molecular complexity index is 755. The van der Waals surface area contributed by atoms with Crippen molar-refractivity contribution in [3.05, 3.63) is 46.7 Å². The van der Waals surface area contributed by atoms with Gasteiger partial charge in [-0.25, -0.2) is 4.39 Å². The average molecular weight is 382 g/mol. The molecule has 0 aromatic heterocycles. The predicted octanol–water partition coefficient (Wildman–Crippen LogP) is 4.93. The van der Waals surface area contributed by atoms with Gasteiger partial charge in [0, 0.05) is 11.3 Å². The van der Waals surface area contributed by atoms with E-state index < -0.39 is 11.7 Å². The largest absolute Gasteiger partial charge is 0.490 e. The molecule has 26 heavy (non-hydrogen) atoms. The first-order chi connectivity index (χ1) is 12.5. The third kappa shape index (κ3) is 4.79. The van der Waals surface area contributed by atoms with E-state index in [2.05, 4.69) is 5.32 Å². The second-order valence-electron chi connectivity index (χ2n) is 5.18. The molecule has 2 aromatic carbocycles. The van der Waals surface area contributed by atoms with Crippen molar-refractivity contribution in [3.8, 4) is 17.2 Å². The zero-order valence-corrected chi connectivity index (χ0v) is 15.7. The van der Waals surface area contributed by atoms with Crippen molar-refractivity contribution in [1.82, 2.24) is 0 Å². The highest BCUT2D eigenvalue weighted by molar-refractivity contribution is 6.31. The van der Waals surface area contributed by atoms with Crippen LogP contribution in [0, 0.1) is 5.82 Å². The monoisotopic (exact) mass is 381 g/mol. The number of nitrogens with one attached hydrogen (secondary N) is 1. The SMILES string of the molecule is CCOc1cc(C(=O)Nc2ccc(F)c(Cl)c2)cc(OCC)c1OCC. The van der Waals surface area contributed by atoms with Crippen molar-refractivity contribution in [1.29, 1.82) is 0 Å². The normalized spacial score (nSPS) is 10.3. The number of benzene rings is 2. The van der Waals surface area contributed by atoms with E-state index in [0.29, 0.717) is 48.3 Å². The molecule has 2 aromatic rings. The standard InChI is InChI=1S/C19H21ClFNO4/c1-4-24-16-9-12(10-17(25-5-2)18(16)26-6-3)19(23)22-13-7-8-15(21)14(20)11-13/h7-11H,4-6H2,1-3H3,(H,22,23). The van der Waals surface area contributed by atoms with Crippen LogP contribution in [0.3, 0.4) is 0 Å². The number of rotatable bonds is 8. The molecule has 7 heteroatoms. The minimum Gasteiger partial charge on any atom is -0.490 e. The van der Waals surface area contributed by atoms with Crippen LogP contribution in [0.4, 0.5) is 10.1 Å². The maximum atomic E-state index is 13.3. The molecule has 0 bridgehead atoms. The van der Waals surface area contributed by atoms with Crippen molar-refractivity contribution in [2.24, 2.45) is 0 Å². The summed E-state index contributed by atoms with van der Waals surface area (Å²) in [5.41, 5.74) is 0.701. The second kappa shape index (κ2) is 9.29. The number of ether oxygens (including phenoxy) is 3. The molecule has 0 spiro atoms. The van der Waals surface area contributed by atoms with Crippen LogP contribution in [-0.2, 0) is 0 Å². The quantitative estimate of drug-likeness (QED) is 0.704. The Morgan fingerprint density at radius 2 is 1.58 bits per heavy atom. The number of halogens is 2. The van der Waals surface area contributed by atoms with E-state index in [-0.39, 0.29) is 5.02 Å². The summed E-state index contributed by atoms with van der Waals surface area (Å²) >= 11 is 5.75. The van der Waals surface area contributed by atoms with E-state index in [1.54, 1.807) is 12.1 Å². The van der Waals surface area contributed by atoms with Gasteiger partial charge in [0.2, 0.25) is 5.75 Å². The Labute approximate surface area is 157 Å². The highest BCUT2D eigenvalue weighted by atomic mass is 35.5.